The fraction of sp³-hybridized carbons (Fsp3) is 0.0714. The lowest BCUT2D eigenvalue weighted by Crippen LogP contribution is -2.15. The zero-order valence-corrected chi connectivity index (χ0v) is 13.2. The Balaban J connectivity index is 1.94. The highest BCUT2D eigenvalue weighted by molar-refractivity contribution is 8.00. The summed E-state index contributed by atoms with van der Waals surface area (Å²) in [4.78, 5) is 12.7. The molecule has 0 aliphatic rings. The maximum atomic E-state index is 11.9. The molecule has 6 nitrogen and oxygen atoms in total. The Morgan fingerprint density at radius 3 is 2.32 bits per heavy atom. The number of benzene rings is 2. The van der Waals surface area contributed by atoms with Crippen LogP contribution in [0.1, 0.15) is 0 Å². The van der Waals surface area contributed by atoms with E-state index < -0.39 is 10.0 Å². The normalized spacial score (nSPS) is 11.1. The predicted octanol–water partition coefficient (Wildman–Crippen LogP) is 1.65. The summed E-state index contributed by atoms with van der Waals surface area (Å²) in [5.74, 6) is -0.0119. The number of sulfonamides is 1. The van der Waals surface area contributed by atoms with Gasteiger partial charge in [-0.3, -0.25) is 4.79 Å². The number of rotatable bonds is 5. The summed E-state index contributed by atoms with van der Waals surface area (Å²) >= 11 is 1.33. The fourth-order valence-electron chi connectivity index (χ4n) is 1.68. The van der Waals surface area contributed by atoms with E-state index in [4.69, 9.17) is 10.9 Å². The van der Waals surface area contributed by atoms with Gasteiger partial charge in [0.1, 0.15) is 0 Å². The number of anilines is 2. The molecule has 0 aromatic heterocycles. The van der Waals surface area contributed by atoms with Gasteiger partial charge >= 0.3 is 0 Å². The van der Waals surface area contributed by atoms with Gasteiger partial charge in [0, 0.05) is 16.3 Å². The second-order valence-electron chi connectivity index (χ2n) is 4.44. The minimum absolute atomic E-state index is 0.00284. The van der Waals surface area contributed by atoms with E-state index in [0.29, 0.717) is 11.4 Å². The number of thioether (sulfide) groups is 1. The van der Waals surface area contributed by atoms with Gasteiger partial charge in [0.15, 0.2) is 0 Å². The van der Waals surface area contributed by atoms with Crippen molar-refractivity contribution in [1.29, 1.82) is 0 Å². The topological polar surface area (TPSA) is 115 Å². The van der Waals surface area contributed by atoms with Crippen LogP contribution in [0.25, 0.3) is 0 Å². The lowest BCUT2D eigenvalue weighted by Gasteiger charge is -2.07. The molecule has 5 N–H and O–H groups in total. The van der Waals surface area contributed by atoms with E-state index in [2.05, 4.69) is 5.32 Å². The molecular weight excluding hydrogens is 322 g/mol. The van der Waals surface area contributed by atoms with Crippen LogP contribution in [-0.2, 0) is 14.8 Å². The van der Waals surface area contributed by atoms with E-state index in [0.717, 1.165) is 4.90 Å². The minimum Gasteiger partial charge on any atom is -0.398 e. The number of carbonyl (C=O) groups is 1. The van der Waals surface area contributed by atoms with E-state index in [1.807, 2.05) is 18.2 Å². The third kappa shape index (κ3) is 4.48. The smallest absolute Gasteiger partial charge is 0.238 e. The van der Waals surface area contributed by atoms with E-state index in [-0.39, 0.29) is 16.6 Å². The SMILES string of the molecule is Nc1ccccc1SCC(=O)Nc1ccc(S(N)(=O)=O)cc1. The first-order chi connectivity index (χ1) is 10.4. The Labute approximate surface area is 132 Å². The van der Waals surface area contributed by atoms with E-state index in [9.17, 15) is 13.2 Å². The molecule has 0 aliphatic carbocycles. The molecule has 0 radical (unpaired) electrons. The Morgan fingerprint density at radius 1 is 1.09 bits per heavy atom. The molecule has 1 amide bonds. The quantitative estimate of drug-likeness (QED) is 0.567. The fourth-order valence-corrected chi connectivity index (χ4v) is 2.96. The number of hydrogen-bond acceptors (Lipinski definition) is 5. The number of carbonyl (C=O) groups excluding carboxylic acids is 1. The molecule has 0 saturated carbocycles. The Morgan fingerprint density at radius 2 is 1.73 bits per heavy atom. The summed E-state index contributed by atoms with van der Waals surface area (Å²) in [5.41, 5.74) is 6.92. The van der Waals surface area contributed by atoms with Gasteiger partial charge in [-0.05, 0) is 36.4 Å². The van der Waals surface area contributed by atoms with Crippen molar-refractivity contribution >= 4 is 39.1 Å². The Bertz CT molecular complexity index is 774. The van der Waals surface area contributed by atoms with Crippen LogP contribution in [0.2, 0.25) is 0 Å². The van der Waals surface area contributed by atoms with Crippen LogP contribution in [0.3, 0.4) is 0 Å². The number of nitrogens with two attached hydrogens (primary N) is 2. The van der Waals surface area contributed by atoms with E-state index in [1.165, 1.54) is 36.0 Å². The molecule has 0 saturated heterocycles. The van der Waals surface area contributed by atoms with Crippen molar-refractivity contribution in [3.8, 4) is 0 Å². The Kier molecular flexibility index (Phi) is 5.07. The maximum absolute atomic E-state index is 11.9. The zero-order chi connectivity index (χ0) is 16.2. The average molecular weight is 337 g/mol. The van der Waals surface area contributed by atoms with E-state index >= 15 is 0 Å². The van der Waals surface area contributed by atoms with Crippen LogP contribution in [0.4, 0.5) is 11.4 Å². The van der Waals surface area contributed by atoms with Gasteiger partial charge in [-0.1, -0.05) is 12.1 Å². The second-order valence-corrected chi connectivity index (χ2v) is 7.02. The van der Waals surface area contributed by atoms with Crippen molar-refractivity contribution in [2.45, 2.75) is 9.79 Å². The van der Waals surface area contributed by atoms with Crippen molar-refractivity contribution in [1.82, 2.24) is 0 Å². The lowest BCUT2D eigenvalue weighted by molar-refractivity contribution is -0.113. The number of para-hydroxylation sites is 1. The first kappa shape index (κ1) is 16.3. The molecule has 0 aliphatic heterocycles. The van der Waals surface area contributed by atoms with Crippen molar-refractivity contribution in [2.24, 2.45) is 5.14 Å². The molecule has 0 fully saturated rings. The van der Waals surface area contributed by atoms with Gasteiger partial charge in [0.05, 0.1) is 10.6 Å². The van der Waals surface area contributed by atoms with Crippen LogP contribution >= 0.6 is 11.8 Å². The summed E-state index contributed by atoms with van der Waals surface area (Å²) in [5, 5.41) is 7.68. The van der Waals surface area contributed by atoms with Crippen LogP contribution in [0.5, 0.6) is 0 Å². The maximum Gasteiger partial charge on any atom is 0.238 e. The van der Waals surface area contributed by atoms with Crippen LogP contribution in [-0.4, -0.2) is 20.1 Å². The molecule has 0 unspecified atom stereocenters. The second kappa shape index (κ2) is 6.82. The number of primary sulfonamides is 1. The number of nitrogens with one attached hydrogen (secondary N) is 1. The molecule has 2 rings (SSSR count). The van der Waals surface area contributed by atoms with Gasteiger partial charge in [0.2, 0.25) is 15.9 Å². The van der Waals surface area contributed by atoms with Crippen molar-refractivity contribution in [2.75, 3.05) is 16.8 Å². The summed E-state index contributed by atoms with van der Waals surface area (Å²) < 4.78 is 22.3. The van der Waals surface area contributed by atoms with Crippen molar-refractivity contribution in [3.05, 3.63) is 48.5 Å². The third-order valence-electron chi connectivity index (χ3n) is 2.74. The molecule has 0 spiro atoms. The zero-order valence-electron chi connectivity index (χ0n) is 11.5. The van der Waals surface area contributed by atoms with Crippen LogP contribution in [0.15, 0.2) is 58.3 Å². The monoisotopic (exact) mass is 337 g/mol. The minimum atomic E-state index is -3.73. The molecule has 2 aromatic rings. The van der Waals surface area contributed by atoms with Gasteiger partial charge in [-0.15, -0.1) is 11.8 Å². The summed E-state index contributed by atoms with van der Waals surface area (Å²) in [6.45, 7) is 0. The summed E-state index contributed by atoms with van der Waals surface area (Å²) in [7, 11) is -3.73. The highest BCUT2D eigenvalue weighted by Gasteiger charge is 2.09. The van der Waals surface area contributed by atoms with Gasteiger partial charge in [0.25, 0.3) is 0 Å². The number of hydrogen-bond donors (Lipinski definition) is 3. The van der Waals surface area contributed by atoms with Gasteiger partial charge < -0.3 is 11.1 Å². The first-order valence-electron chi connectivity index (χ1n) is 6.26. The summed E-state index contributed by atoms with van der Waals surface area (Å²) in [6, 6.07) is 12.9. The summed E-state index contributed by atoms with van der Waals surface area (Å²) in [6.07, 6.45) is 0. The number of nitrogen functional groups attached to an aromatic ring is 1. The van der Waals surface area contributed by atoms with E-state index in [1.54, 1.807) is 6.07 Å². The predicted molar refractivity (Wildman–Crippen MR) is 88.0 cm³/mol. The molecule has 0 bridgehead atoms. The first-order valence-corrected chi connectivity index (χ1v) is 8.79. The molecule has 0 heterocycles. The third-order valence-corrected chi connectivity index (χ3v) is 4.76. The van der Waals surface area contributed by atoms with Gasteiger partial charge in [-0.25, -0.2) is 13.6 Å². The highest BCUT2D eigenvalue weighted by Crippen LogP contribution is 2.24. The molecule has 2 aromatic carbocycles. The molecule has 8 heteroatoms. The standard InChI is InChI=1S/C14H15N3O3S2/c15-12-3-1-2-4-13(12)21-9-14(18)17-10-5-7-11(8-6-10)22(16,19)20/h1-8H,9,15H2,(H,17,18)(H2,16,19,20). The highest BCUT2D eigenvalue weighted by atomic mass is 32.2. The van der Waals surface area contributed by atoms with Gasteiger partial charge in [-0.2, -0.15) is 0 Å². The molecule has 116 valence electrons. The van der Waals surface area contributed by atoms with Crippen LogP contribution in [0, 0.1) is 0 Å². The van der Waals surface area contributed by atoms with Crippen molar-refractivity contribution < 1.29 is 13.2 Å². The lowest BCUT2D eigenvalue weighted by atomic mass is 10.3. The molecule has 0 atom stereocenters. The molecule has 22 heavy (non-hydrogen) atoms. The largest absolute Gasteiger partial charge is 0.398 e. The Hall–Kier alpha value is -2.03. The van der Waals surface area contributed by atoms with Crippen molar-refractivity contribution in [3.63, 3.8) is 0 Å². The average Bonchev–Trinajstić information content (AvgIpc) is 2.46. The van der Waals surface area contributed by atoms with Crippen LogP contribution < -0.4 is 16.2 Å². The number of amides is 1. The molecular formula is C14H15N3O3S2.